The van der Waals surface area contributed by atoms with E-state index in [1.807, 2.05) is 0 Å². The van der Waals surface area contributed by atoms with Crippen LogP contribution in [-0.2, 0) is 88.0 Å². The van der Waals surface area contributed by atoms with Crippen LogP contribution in [0.15, 0.2) is 97.6 Å². The number of fused-ring (bicyclic) bond motifs is 16. The fraction of sp³-hybridized carbons (Fsp3) is 0.444. The van der Waals surface area contributed by atoms with Crippen molar-refractivity contribution >= 4 is 94.1 Å². The fourth-order valence-electron chi connectivity index (χ4n) is 10.4. The number of carbonyl (C=O) groups is 13. The predicted octanol–water partition coefficient (Wildman–Crippen LogP) is -0.0570. The molecule has 10 atom stereocenters. The summed E-state index contributed by atoms with van der Waals surface area (Å²) in [5.74, 6) is -11.8. The van der Waals surface area contributed by atoms with Crippen LogP contribution < -0.4 is 58.9 Å². The molecule has 92 heavy (non-hydrogen) atoms. The summed E-state index contributed by atoms with van der Waals surface area (Å²) >= 11 is 6.14. The number of nitrogens with one attached hydrogen (secondary N) is 10. The number of carbonyl (C=O) groups excluding carboxylic acids is 12. The Kier molecular flexibility index (Phi) is 26.6. The molecule has 1 saturated heterocycles. The Bertz CT molecular complexity index is 3310. The molecule has 4 aromatic rings. The highest BCUT2D eigenvalue weighted by molar-refractivity contribution is 6.30. The molecule has 1 fully saturated rings. The van der Waals surface area contributed by atoms with Gasteiger partial charge in [0, 0.05) is 81.1 Å². The molecule has 3 aliphatic heterocycles. The summed E-state index contributed by atoms with van der Waals surface area (Å²) in [6, 6.07) is 4.82. The second kappa shape index (κ2) is 34.4. The van der Waals surface area contributed by atoms with Crippen LogP contribution in [0.1, 0.15) is 102 Å². The summed E-state index contributed by atoms with van der Waals surface area (Å²) in [6.45, 7) is 7.97. The van der Waals surface area contributed by atoms with Gasteiger partial charge in [-0.3, -0.25) is 72.3 Å². The van der Waals surface area contributed by atoms with Gasteiger partial charge in [-0.1, -0.05) is 68.8 Å². The van der Waals surface area contributed by atoms with E-state index >= 15 is 0 Å². The number of aromatic nitrogens is 2. The van der Waals surface area contributed by atoms with Crippen molar-refractivity contribution in [3.63, 3.8) is 0 Å². The number of nitrogens with two attached hydrogens (primary N) is 1. The molecule has 13 N–H and O–H groups in total. The van der Waals surface area contributed by atoms with Gasteiger partial charge in [0.2, 0.25) is 70.9 Å². The Balaban J connectivity index is 1.31. The van der Waals surface area contributed by atoms with Crippen LogP contribution >= 0.6 is 11.6 Å². The first-order chi connectivity index (χ1) is 43.8. The third-order valence-electron chi connectivity index (χ3n) is 15.2. The molecule has 7 rings (SSSR count). The van der Waals surface area contributed by atoms with E-state index in [2.05, 4.69) is 63.1 Å². The van der Waals surface area contributed by atoms with Crippen molar-refractivity contribution in [1.29, 1.82) is 0 Å². The highest BCUT2D eigenvalue weighted by Crippen LogP contribution is 2.22. The van der Waals surface area contributed by atoms with Crippen molar-refractivity contribution in [3.8, 4) is 0 Å². The number of pyridine rings is 2. The van der Waals surface area contributed by atoms with Crippen LogP contribution in [0.4, 0.5) is 5.69 Å². The van der Waals surface area contributed by atoms with Gasteiger partial charge >= 0.3 is 5.97 Å². The zero-order valence-electron chi connectivity index (χ0n) is 51.6. The minimum absolute atomic E-state index is 0.0102. The number of rotatable bonds is 24. The summed E-state index contributed by atoms with van der Waals surface area (Å²) in [7, 11) is 0. The number of hydrogen-bond acceptors (Lipinski definition) is 15. The van der Waals surface area contributed by atoms with E-state index in [-0.39, 0.29) is 63.1 Å². The monoisotopic (exact) mass is 1290 g/mol. The Morgan fingerprint density at radius 2 is 1.27 bits per heavy atom. The van der Waals surface area contributed by atoms with Crippen molar-refractivity contribution in [2.45, 2.75) is 166 Å². The minimum atomic E-state index is -1.99. The second-order valence-corrected chi connectivity index (χ2v) is 23.5. The van der Waals surface area contributed by atoms with Gasteiger partial charge in [0.05, 0.1) is 6.42 Å². The van der Waals surface area contributed by atoms with Gasteiger partial charge in [0.1, 0.15) is 60.4 Å². The number of carboxylic acid groups (broad SMARTS) is 1. The van der Waals surface area contributed by atoms with E-state index in [9.17, 15) is 67.4 Å². The topological polar surface area (TPSA) is 417 Å². The van der Waals surface area contributed by atoms with E-state index in [1.165, 1.54) is 55.7 Å². The van der Waals surface area contributed by atoms with Crippen molar-refractivity contribution in [2.24, 2.45) is 11.7 Å². The second-order valence-electron chi connectivity index (χ2n) is 23.1. The number of amides is 12. The van der Waals surface area contributed by atoms with E-state index in [4.69, 9.17) is 17.3 Å². The first kappa shape index (κ1) is 71.2. The van der Waals surface area contributed by atoms with E-state index < -0.39 is 157 Å². The van der Waals surface area contributed by atoms with Crippen molar-refractivity contribution in [2.75, 3.05) is 11.9 Å². The smallest absolute Gasteiger partial charge is 0.305 e. The molecule has 3 aliphatic rings. The van der Waals surface area contributed by atoms with Crippen LogP contribution in [0.3, 0.4) is 0 Å². The normalized spacial score (nSPS) is 19.6. The molecule has 2 bridgehead atoms. The zero-order valence-corrected chi connectivity index (χ0v) is 52.4. The van der Waals surface area contributed by atoms with Crippen LogP contribution in [0, 0.1) is 5.92 Å². The highest BCUT2D eigenvalue weighted by atomic mass is 35.5. The van der Waals surface area contributed by atoms with Crippen molar-refractivity contribution in [3.05, 3.63) is 125 Å². The summed E-state index contributed by atoms with van der Waals surface area (Å²) < 4.78 is 0. The predicted molar refractivity (Wildman–Crippen MR) is 334 cm³/mol. The summed E-state index contributed by atoms with van der Waals surface area (Å²) in [5, 5.41) is 36.7. The lowest BCUT2D eigenvalue weighted by atomic mass is 9.99. The van der Waals surface area contributed by atoms with Gasteiger partial charge in [-0.05, 0) is 104 Å². The SMILES string of the molecule is CC[C@H](NC(C)=O)C(=O)N[C@@H](Cc1ccc(Cl)cc1)C(=O)N[C@@H](Cc1cccnc1)C(=O)N[C@@H](CC(=O)O)C(=O)N[C@@H]1CCC(=O)Nc2ccc(cc2)C[C@@H](C(=O)N2CCC[C@@H]2C(=O)N[C@@H](C)C(N)=O)NC(=O)[C@H](CC(C)C)NC(=O)[C@@H](Cc2cccnc2)NC1=O. The van der Waals surface area contributed by atoms with Gasteiger partial charge in [-0.25, -0.2) is 0 Å². The molecule has 0 aliphatic carbocycles. The van der Waals surface area contributed by atoms with E-state index in [0.717, 1.165) is 0 Å². The van der Waals surface area contributed by atoms with E-state index in [1.54, 1.807) is 81.4 Å². The maximum atomic E-state index is 14.8. The summed E-state index contributed by atoms with van der Waals surface area (Å²) in [6.07, 6.45) is 3.69. The van der Waals surface area contributed by atoms with Gasteiger partial charge < -0.3 is 68.9 Å². The molecular weight excluding hydrogens is 1210 g/mol. The van der Waals surface area contributed by atoms with Gasteiger partial charge in [-0.15, -0.1) is 0 Å². The summed E-state index contributed by atoms with van der Waals surface area (Å²) in [4.78, 5) is 189. The number of anilines is 1. The molecule has 0 spiro atoms. The van der Waals surface area contributed by atoms with Gasteiger partial charge in [0.25, 0.3) is 0 Å². The van der Waals surface area contributed by atoms with Crippen LogP contribution in [0.5, 0.6) is 0 Å². The maximum absolute atomic E-state index is 14.8. The fourth-order valence-corrected chi connectivity index (χ4v) is 10.5. The number of nitrogens with zero attached hydrogens (tertiary/aromatic N) is 3. The lowest BCUT2D eigenvalue weighted by Crippen LogP contribution is -2.61. The van der Waals surface area contributed by atoms with Crippen molar-refractivity contribution in [1.82, 2.24) is 62.7 Å². The molecule has 0 unspecified atom stereocenters. The largest absolute Gasteiger partial charge is 0.481 e. The molecular formula is C63H79ClN14O14. The standard InChI is InChI=1S/C63H79ClN14O14/c1-6-43(69-36(5)79)55(84)73-46(27-37-13-17-41(64)18-14-37)58(87)75-48(30-40-11-8-24-67-33-40)60(89)76-49(31-53(81)82)61(90)71-44-21-22-52(80)70-42-19-15-38(16-20-42)28-50(63(92)78-25-9-12-51(78)62(91)68-35(4)54(65)83)77-57(86)45(26-34(2)3)72-59(88)47(74-56(44)85)29-39-10-7-23-66-32-39/h7-8,10-11,13-20,23-24,32-35,43-51H,6,9,12,21-22,25-31H2,1-5H3,(H2,65,83)(H,68,91)(H,69,79)(H,70,80)(H,71,90)(H,72,88)(H,73,84)(H,74,85)(H,75,87)(H,76,89)(H,77,86)(H,81,82)/t35-,43-,44+,45-,46-,47+,48-,49-,50-,51+/m0/s1. The molecule has 2 aromatic heterocycles. The Morgan fingerprint density at radius 1 is 0.685 bits per heavy atom. The first-order valence-corrected chi connectivity index (χ1v) is 30.6. The molecule has 29 heteroatoms. The molecule has 492 valence electrons. The Labute approximate surface area is 536 Å². The molecule has 12 amide bonds. The number of hydrogen-bond donors (Lipinski definition) is 12. The highest BCUT2D eigenvalue weighted by Gasteiger charge is 2.41. The average molecular weight is 1290 g/mol. The minimum Gasteiger partial charge on any atom is -0.481 e. The first-order valence-electron chi connectivity index (χ1n) is 30.2. The molecule has 28 nitrogen and oxygen atoms in total. The number of aliphatic carboxylic acids is 1. The Hall–Kier alpha value is -9.86. The number of halogens is 1. The van der Waals surface area contributed by atoms with Crippen LogP contribution in [0.2, 0.25) is 5.02 Å². The van der Waals surface area contributed by atoms with Crippen LogP contribution in [-0.4, -0.2) is 164 Å². The number of primary amides is 1. The molecule has 5 heterocycles. The molecule has 0 saturated carbocycles. The van der Waals surface area contributed by atoms with Gasteiger partial charge in [-0.2, -0.15) is 0 Å². The molecule has 0 radical (unpaired) electrons. The van der Waals surface area contributed by atoms with E-state index in [0.29, 0.717) is 33.7 Å². The number of benzene rings is 2. The number of likely N-dealkylation sites (tertiary alicyclic amines) is 1. The third kappa shape index (κ3) is 22.0. The lowest BCUT2D eigenvalue weighted by molar-refractivity contribution is -0.142. The van der Waals surface area contributed by atoms with Crippen molar-refractivity contribution < 1.29 is 67.4 Å². The quantitative estimate of drug-likeness (QED) is 0.0409. The van der Waals surface area contributed by atoms with Gasteiger partial charge in [0.15, 0.2) is 0 Å². The molecule has 2 aromatic carbocycles. The van der Waals surface area contributed by atoms with Crippen LogP contribution in [0.25, 0.3) is 0 Å². The third-order valence-corrected chi connectivity index (χ3v) is 15.5. The zero-order chi connectivity index (χ0) is 67.2. The summed E-state index contributed by atoms with van der Waals surface area (Å²) in [5.41, 5.74) is 7.51. The lowest BCUT2D eigenvalue weighted by Gasteiger charge is -2.31. The number of carboxylic acids is 1. The average Bonchev–Trinajstić information content (AvgIpc) is 1.60. The Morgan fingerprint density at radius 3 is 1.85 bits per heavy atom. The maximum Gasteiger partial charge on any atom is 0.305 e.